The third kappa shape index (κ3) is 4.53. The summed E-state index contributed by atoms with van der Waals surface area (Å²) >= 11 is 42.8. The lowest BCUT2D eigenvalue weighted by Crippen LogP contribution is -2.20. The zero-order chi connectivity index (χ0) is 23.8. The van der Waals surface area contributed by atoms with Crippen LogP contribution in [0.4, 0.5) is 0 Å². The highest BCUT2D eigenvalue weighted by molar-refractivity contribution is 8.38. The van der Waals surface area contributed by atoms with Gasteiger partial charge in [-0.05, 0) is 36.4 Å². The van der Waals surface area contributed by atoms with Crippen molar-refractivity contribution in [2.24, 2.45) is 0 Å². The normalized spacial score (nSPS) is 11.3. The van der Waals surface area contributed by atoms with Crippen LogP contribution in [0, 0.1) is 0 Å². The van der Waals surface area contributed by atoms with Gasteiger partial charge in [-0.1, -0.05) is 99.6 Å². The molecule has 0 aliphatic rings. The Morgan fingerprint density at radius 3 is 0.875 bits per heavy atom. The average molecular weight is 585 g/mol. The van der Waals surface area contributed by atoms with Gasteiger partial charge in [0.15, 0.2) is 6.04 Å². The number of carbonyl (C=O) groups is 3. The predicted octanol–water partition coefficient (Wildman–Crippen LogP) is 8.91. The summed E-state index contributed by atoms with van der Waals surface area (Å²) in [4.78, 5) is 41.2. The number of hydrogen-bond donors (Lipinski definition) is 0. The van der Waals surface area contributed by atoms with Crippen molar-refractivity contribution in [1.82, 2.24) is 0 Å². The maximum absolute atomic E-state index is 13.7. The summed E-state index contributed by atoms with van der Waals surface area (Å²) in [6.07, 6.45) is 0. The molecule has 0 saturated carbocycles. The zero-order valence-electron chi connectivity index (χ0n) is 15.5. The van der Waals surface area contributed by atoms with E-state index in [9.17, 15) is 14.4 Å². The van der Waals surface area contributed by atoms with E-state index in [-0.39, 0.29) is 46.8 Å². The molecule has 3 aromatic rings. The molecule has 164 valence electrons. The number of rotatable bonds is 6. The smallest absolute Gasteiger partial charge is 0.212 e. The van der Waals surface area contributed by atoms with Crippen LogP contribution in [0.1, 0.15) is 31.1 Å². The van der Waals surface area contributed by atoms with E-state index in [0.717, 1.165) is 0 Å². The van der Waals surface area contributed by atoms with Crippen LogP contribution in [0.2, 0.25) is 30.1 Å². The molecule has 11 heteroatoms. The lowest BCUT2D eigenvalue weighted by Gasteiger charge is -2.21. The van der Waals surface area contributed by atoms with Gasteiger partial charge >= 0.3 is 0 Å². The van der Waals surface area contributed by atoms with Gasteiger partial charge in [-0.15, -0.1) is 0 Å². The standard InChI is InChI=1S/C21H9Cl6O3PS/c22-10-4-1-5-11(23)16(10)19(28)31(32,20(29)17-12(24)6-2-7-13(17)25)21(30)18-14(26)8-3-9-15(18)27/h1-9H. The molecule has 0 atom stereocenters. The van der Waals surface area contributed by atoms with Crippen molar-refractivity contribution in [2.45, 2.75) is 0 Å². The van der Waals surface area contributed by atoms with E-state index in [1.807, 2.05) is 0 Å². The first-order valence-electron chi connectivity index (χ1n) is 8.58. The average Bonchev–Trinajstić information content (AvgIpc) is 2.72. The number of halogens is 6. The number of hydrogen-bond acceptors (Lipinski definition) is 4. The number of carbonyl (C=O) groups excluding carboxylic acids is 3. The maximum Gasteiger partial charge on any atom is 0.212 e. The molecule has 32 heavy (non-hydrogen) atoms. The Hall–Kier alpha value is -0.940. The second kappa shape index (κ2) is 10.1. The van der Waals surface area contributed by atoms with Crippen molar-refractivity contribution < 1.29 is 14.4 Å². The highest BCUT2D eigenvalue weighted by atomic mass is 35.5. The predicted molar refractivity (Wildman–Crippen MR) is 137 cm³/mol. The molecule has 0 N–H and O–H groups in total. The molecule has 0 unspecified atom stereocenters. The molecule has 0 aliphatic carbocycles. The van der Waals surface area contributed by atoms with Gasteiger partial charge in [0.1, 0.15) is 0 Å². The molecule has 3 nitrogen and oxygen atoms in total. The number of benzene rings is 3. The molecule has 0 heterocycles. The highest BCUT2D eigenvalue weighted by Crippen LogP contribution is 2.58. The van der Waals surface area contributed by atoms with E-state index in [2.05, 4.69) is 0 Å². The summed E-state index contributed by atoms with van der Waals surface area (Å²) in [7, 11) is 0. The van der Waals surface area contributed by atoms with Crippen molar-refractivity contribution in [3.8, 4) is 0 Å². The quantitative estimate of drug-likeness (QED) is 0.271. The molecule has 3 aromatic carbocycles. The second-order valence-corrected chi connectivity index (χ2v) is 12.8. The molecule has 0 fully saturated rings. The first-order valence-corrected chi connectivity index (χ1v) is 13.7. The topological polar surface area (TPSA) is 51.2 Å². The third-order valence-corrected chi connectivity index (χ3v) is 10.2. The van der Waals surface area contributed by atoms with Gasteiger partial charge in [0, 0.05) is 0 Å². The van der Waals surface area contributed by atoms with E-state index >= 15 is 0 Å². The van der Waals surface area contributed by atoms with Crippen molar-refractivity contribution in [3.05, 3.63) is 101 Å². The van der Waals surface area contributed by atoms with Gasteiger partial charge in [-0.25, -0.2) is 0 Å². The molecule has 0 aliphatic heterocycles. The van der Waals surface area contributed by atoms with Crippen molar-refractivity contribution in [1.29, 1.82) is 0 Å². The van der Waals surface area contributed by atoms with Crippen LogP contribution < -0.4 is 0 Å². The van der Waals surface area contributed by atoms with Gasteiger partial charge in [-0.3, -0.25) is 14.4 Å². The minimum Gasteiger partial charge on any atom is -0.287 e. The summed E-state index contributed by atoms with van der Waals surface area (Å²) in [5.41, 5.74) is -3.84. The molecule has 3 rings (SSSR count). The Morgan fingerprint density at radius 2 is 0.688 bits per heavy atom. The van der Waals surface area contributed by atoms with Crippen LogP contribution in [0.3, 0.4) is 0 Å². The second-order valence-electron chi connectivity index (χ2n) is 6.31. The summed E-state index contributed by atoms with van der Waals surface area (Å²) in [5, 5.41) is -0.456. The van der Waals surface area contributed by atoms with Crippen LogP contribution >= 0.6 is 75.6 Å². The van der Waals surface area contributed by atoms with E-state index in [1.165, 1.54) is 54.6 Å². The Kier molecular flexibility index (Phi) is 8.13. The van der Waals surface area contributed by atoms with Gasteiger partial charge in [0.2, 0.25) is 16.6 Å². The van der Waals surface area contributed by atoms with Crippen LogP contribution in [0.15, 0.2) is 54.6 Å². The van der Waals surface area contributed by atoms with Gasteiger partial charge in [-0.2, -0.15) is 0 Å². The summed E-state index contributed by atoms with van der Waals surface area (Å²) in [6, 6.07) is 8.44. The Bertz CT molecular complexity index is 1120. The van der Waals surface area contributed by atoms with E-state index < -0.39 is 22.6 Å². The minimum atomic E-state index is -4.41. The summed E-state index contributed by atoms with van der Waals surface area (Å²) in [6.45, 7) is 0. The molecular weight excluding hydrogens is 576 g/mol. The highest BCUT2D eigenvalue weighted by Gasteiger charge is 2.47. The molecular formula is C21H9Cl6O3PS. The first-order chi connectivity index (χ1) is 15.0. The van der Waals surface area contributed by atoms with E-state index in [4.69, 9.17) is 81.4 Å². The van der Waals surface area contributed by atoms with Crippen molar-refractivity contribution in [2.75, 3.05) is 0 Å². The molecule has 0 radical (unpaired) electrons. The fourth-order valence-electron chi connectivity index (χ4n) is 2.86. The Balaban J connectivity index is 2.36. The SMILES string of the molecule is O=C(c1c(Cl)cccc1Cl)P(=S)(C(=O)c1c(Cl)cccc1Cl)C(=O)c1c(Cl)cccc1Cl. The van der Waals surface area contributed by atoms with Gasteiger partial charge < -0.3 is 0 Å². The van der Waals surface area contributed by atoms with E-state index in [1.54, 1.807) is 0 Å². The summed E-state index contributed by atoms with van der Waals surface area (Å²) in [5.74, 6) is 0. The van der Waals surface area contributed by atoms with Gasteiger partial charge in [0.05, 0.1) is 46.8 Å². The molecule has 0 saturated heterocycles. The molecule has 0 spiro atoms. The zero-order valence-corrected chi connectivity index (χ0v) is 21.8. The monoisotopic (exact) mass is 582 g/mol. The first kappa shape index (κ1) is 25.7. The maximum atomic E-state index is 13.7. The van der Waals surface area contributed by atoms with Crippen LogP contribution in [0.5, 0.6) is 0 Å². The minimum absolute atomic E-state index is 0.0761. The molecule has 0 aromatic heterocycles. The lowest BCUT2D eigenvalue weighted by atomic mass is 10.2. The Morgan fingerprint density at radius 1 is 0.500 bits per heavy atom. The van der Waals surface area contributed by atoms with Crippen LogP contribution in [0.25, 0.3) is 0 Å². The summed E-state index contributed by atoms with van der Waals surface area (Å²) < 4.78 is 0. The van der Waals surface area contributed by atoms with Crippen LogP contribution in [-0.2, 0) is 11.8 Å². The molecule has 0 bridgehead atoms. The van der Waals surface area contributed by atoms with Gasteiger partial charge in [0.25, 0.3) is 0 Å². The largest absolute Gasteiger partial charge is 0.287 e. The van der Waals surface area contributed by atoms with Crippen molar-refractivity contribution in [3.63, 3.8) is 0 Å². The fourth-order valence-corrected chi connectivity index (χ4v) is 8.00. The van der Waals surface area contributed by atoms with E-state index in [0.29, 0.717) is 0 Å². The Labute approximate surface area is 218 Å². The third-order valence-electron chi connectivity index (χ3n) is 4.39. The van der Waals surface area contributed by atoms with Crippen LogP contribution in [-0.4, -0.2) is 16.6 Å². The fraction of sp³-hybridized carbons (Fsp3) is 0. The van der Waals surface area contributed by atoms with Crippen molar-refractivity contribution >= 4 is 104 Å². The molecule has 0 amide bonds. The lowest BCUT2D eigenvalue weighted by molar-refractivity contribution is 0.102.